The molecule has 2 nitrogen and oxygen atoms in total. The van der Waals surface area contributed by atoms with Gasteiger partial charge in [0.2, 0.25) is 0 Å². The van der Waals surface area contributed by atoms with E-state index in [9.17, 15) is 4.79 Å². The average molecular weight is 256 g/mol. The molecule has 0 aliphatic heterocycles. The first-order chi connectivity index (χ1) is 6.70. The largest absolute Gasteiger partial charge is 0.478 e. The Hall–Kier alpha value is -1.19. The standard InChI is InChI=1S/C12H10O2.Ga/c1-8-4-2-6-10-9(8)5-3-7-11(10)12(13)14;/h2-7H,1H3,(H,13,14);. The number of rotatable bonds is 1. The fraction of sp³-hybridized carbons (Fsp3) is 0.0833. The monoisotopic (exact) mass is 255 g/mol. The third-order valence-corrected chi connectivity index (χ3v) is 2.37. The fourth-order valence-electron chi connectivity index (χ4n) is 1.65. The van der Waals surface area contributed by atoms with Crippen LogP contribution >= 0.6 is 0 Å². The Bertz CT molecular complexity index is 506. The molecule has 0 aliphatic rings. The summed E-state index contributed by atoms with van der Waals surface area (Å²) >= 11 is 0. The summed E-state index contributed by atoms with van der Waals surface area (Å²) in [5.74, 6) is -0.874. The summed E-state index contributed by atoms with van der Waals surface area (Å²) in [6.45, 7) is 1.98. The predicted molar refractivity (Wildman–Crippen MR) is 61.4 cm³/mol. The zero-order chi connectivity index (χ0) is 10.1. The van der Waals surface area contributed by atoms with E-state index in [1.54, 1.807) is 12.1 Å². The van der Waals surface area contributed by atoms with Crippen LogP contribution in [0.4, 0.5) is 0 Å². The van der Waals surface area contributed by atoms with Gasteiger partial charge in [0.05, 0.1) is 5.56 Å². The van der Waals surface area contributed by atoms with Gasteiger partial charge in [-0.2, -0.15) is 0 Å². The first-order valence-electron chi connectivity index (χ1n) is 4.42. The summed E-state index contributed by atoms with van der Waals surface area (Å²) < 4.78 is 0. The maximum atomic E-state index is 10.9. The predicted octanol–water partition coefficient (Wildman–Crippen LogP) is 2.47. The summed E-state index contributed by atoms with van der Waals surface area (Å²) in [6, 6.07) is 11.0. The summed E-state index contributed by atoms with van der Waals surface area (Å²) in [7, 11) is 0. The summed E-state index contributed by atoms with van der Waals surface area (Å²) in [5.41, 5.74) is 1.47. The van der Waals surface area contributed by atoms with E-state index in [0.717, 1.165) is 16.3 Å². The quantitative estimate of drug-likeness (QED) is 0.795. The van der Waals surface area contributed by atoms with Gasteiger partial charge in [-0.05, 0) is 29.3 Å². The number of carboxylic acid groups (broad SMARTS) is 1. The summed E-state index contributed by atoms with van der Waals surface area (Å²) in [5, 5.41) is 10.8. The molecule has 0 aliphatic carbocycles. The number of benzene rings is 2. The Morgan fingerprint density at radius 2 is 1.67 bits per heavy atom. The van der Waals surface area contributed by atoms with Crippen molar-refractivity contribution in [3.63, 3.8) is 0 Å². The van der Waals surface area contributed by atoms with Gasteiger partial charge in [0.25, 0.3) is 0 Å². The number of hydrogen-bond acceptors (Lipinski definition) is 1. The van der Waals surface area contributed by atoms with Crippen molar-refractivity contribution in [2.75, 3.05) is 0 Å². The third kappa shape index (κ3) is 2.08. The number of carbonyl (C=O) groups is 1. The van der Waals surface area contributed by atoms with Gasteiger partial charge in [0.1, 0.15) is 0 Å². The van der Waals surface area contributed by atoms with Crippen LogP contribution in [0.1, 0.15) is 15.9 Å². The fourth-order valence-corrected chi connectivity index (χ4v) is 1.65. The maximum Gasteiger partial charge on any atom is 0.336 e. The van der Waals surface area contributed by atoms with Crippen molar-refractivity contribution in [3.05, 3.63) is 47.5 Å². The molecular formula is C12H10GaO2. The normalized spacial score (nSPS) is 9.67. The molecule has 0 heterocycles. The van der Waals surface area contributed by atoms with Crippen molar-refractivity contribution in [2.45, 2.75) is 6.92 Å². The zero-order valence-electron chi connectivity index (χ0n) is 8.40. The Morgan fingerprint density at radius 1 is 1.07 bits per heavy atom. The molecule has 0 aromatic heterocycles. The van der Waals surface area contributed by atoms with Gasteiger partial charge in [-0.3, -0.25) is 0 Å². The first kappa shape index (κ1) is 11.9. The number of carboxylic acids is 1. The van der Waals surface area contributed by atoms with E-state index in [2.05, 4.69) is 0 Å². The van der Waals surface area contributed by atoms with Gasteiger partial charge in [0.15, 0.2) is 0 Å². The minimum Gasteiger partial charge on any atom is -0.478 e. The van der Waals surface area contributed by atoms with E-state index in [0.29, 0.717) is 5.56 Å². The Morgan fingerprint density at radius 3 is 2.33 bits per heavy atom. The van der Waals surface area contributed by atoms with Gasteiger partial charge in [0, 0.05) is 19.8 Å². The van der Waals surface area contributed by atoms with Gasteiger partial charge in [-0.15, -0.1) is 0 Å². The van der Waals surface area contributed by atoms with Crippen LogP contribution in [-0.4, -0.2) is 30.9 Å². The van der Waals surface area contributed by atoms with E-state index in [-0.39, 0.29) is 19.8 Å². The van der Waals surface area contributed by atoms with Gasteiger partial charge in [-0.25, -0.2) is 4.79 Å². The topological polar surface area (TPSA) is 37.3 Å². The molecular weight excluding hydrogens is 246 g/mol. The molecule has 15 heavy (non-hydrogen) atoms. The van der Waals surface area contributed by atoms with Crippen molar-refractivity contribution in [3.8, 4) is 0 Å². The summed E-state index contributed by atoms with van der Waals surface area (Å²) in [6.07, 6.45) is 0. The van der Waals surface area contributed by atoms with Crippen LogP contribution in [0.2, 0.25) is 0 Å². The zero-order valence-corrected chi connectivity index (χ0v) is 10.8. The van der Waals surface area contributed by atoms with Gasteiger partial charge in [-0.1, -0.05) is 30.3 Å². The van der Waals surface area contributed by atoms with Crippen molar-refractivity contribution in [2.24, 2.45) is 0 Å². The second-order valence-corrected chi connectivity index (χ2v) is 3.28. The molecule has 2 rings (SSSR count). The molecule has 3 heteroatoms. The van der Waals surface area contributed by atoms with Gasteiger partial charge >= 0.3 is 5.97 Å². The Kier molecular flexibility index (Phi) is 3.60. The van der Waals surface area contributed by atoms with Crippen LogP contribution in [0, 0.1) is 6.92 Å². The molecule has 3 radical (unpaired) electrons. The van der Waals surface area contributed by atoms with Crippen molar-refractivity contribution >= 4 is 36.5 Å². The number of fused-ring (bicyclic) bond motifs is 1. The Balaban J connectivity index is 0.00000112. The third-order valence-electron chi connectivity index (χ3n) is 2.37. The summed E-state index contributed by atoms with van der Waals surface area (Å²) in [4.78, 5) is 10.9. The SMILES string of the molecule is Cc1cccc2c(C(=O)O)cccc12.[Ga]. The van der Waals surface area contributed by atoms with E-state index >= 15 is 0 Å². The van der Waals surface area contributed by atoms with E-state index < -0.39 is 5.97 Å². The van der Waals surface area contributed by atoms with Crippen LogP contribution in [0.15, 0.2) is 36.4 Å². The second-order valence-electron chi connectivity index (χ2n) is 3.28. The van der Waals surface area contributed by atoms with Crippen LogP contribution in [0.25, 0.3) is 10.8 Å². The van der Waals surface area contributed by atoms with Crippen LogP contribution in [0.5, 0.6) is 0 Å². The van der Waals surface area contributed by atoms with E-state index in [1.807, 2.05) is 31.2 Å². The van der Waals surface area contributed by atoms with Crippen LogP contribution < -0.4 is 0 Å². The number of aromatic carboxylic acids is 1. The molecule has 0 unspecified atom stereocenters. The number of hydrogen-bond donors (Lipinski definition) is 1. The molecule has 0 saturated heterocycles. The maximum absolute atomic E-state index is 10.9. The molecule has 2 aromatic carbocycles. The average Bonchev–Trinajstić information content (AvgIpc) is 2.17. The molecule has 0 fully saturated rings. The number of aryl methyl sites for hydroxylation is 1. The molecule has 0 spiro atoms. The molecule has 0 saturated carbocycles. The Labute approximate surface area is 101 Å². The van der Waals surface area contributed by atoms with Crippen LogP contribution in [-0.2, 0) is 0 Å². The smallest absolute Gasteiger partial charge is 0.336 e. The van der Waals surface area contributed by atoms with E-state index in [1.165, 1.54) is 0 Å². The first-order valence-corrected chi connectivity index (χ1v) is 4.42. The van der Waals surface area contributed by atoms with Crippen LogP contribution in [0.3, 0.4) is 0 Å². The molecule has 0 atom stereocenters. The molecule has 73 valence electrons. The van der Waals surface area contributed by atoms with Crippen molar-refractivity contribution in [1.29, 1.82) is 0 Å². The molecule has 0 bridgehead atoms. The van der Waals surface area contributed by atoms with Crippen molar-refractivity contribution in [1.82, 2.24) is 0 Å². The minimum atomic E-state index is -0.874. The molecule has 1 N–H and O–H groups in total. The van der Waals surface area contributed by atoms with Crippen molar-refractivity contribution < 1.29 is 9.90 Å². The van der Waals surface area contributed by atoms with Gasteiger partial charge < -0.3 is 5.11 Å². The molecule has 2 aromatic rings. The molecule has 0 amide bonds. The second kappa shape index (κ2) is 4.55. The minimum absolute atomic E-state index is 0. The van der Waals surface area contributed by atoms with E-state index in [4.69, 9.17) is 5.11 Å².